The van der Waals surface area contributed by atoms with Gasteiger partial charge >= 0.3 is 17.9 Å². The molecule has 0 spiro atoms. The van der Waals surface area contributed by atoms with Crippen LogP contribution in [0.5, 0.6) is 0 Å². The average molecular weight is 964 g/mol. The van der Waals surface area contributed by atoms with Crippen molar-refractivity contribution in [3.63, 3.8) is 0 Å². The molecule has 0 aromatic carbocycles. The van der Waals surface area contributed by atoms with E-state index in [1.54, 1.807) is 0 Å². The topological polar surface area (TPSA) is 78.9 Å². The van der Waals surface area contributed by atoms with Crippen LogP contribution in [-0.2, 0) is 28.6 Å². The summed E-state index contributed by atoms with van der Waals surface area (Å²) in [5, 5.41) is 0. The molecule has 0 saturated heterocycles. The van der Waals surface area contributed by atoms with Crippen molar-refractivity contribution >= 4 is 17.9 Å². The van der Waals surface area contributed by atoms with Gasteiger partial charge in [0.2, 0.25) is 0 Å². The molecule has 0 heterocycles. The van der Waals surface area contributed by atoms with Gasteiger partial charge in [0.25, 0.3) is 0 Å². The second-order valence-electron chi connectivity index (χ2n) is 19.5. The molecule has 0 amide bonds. The lowest BCUT2D eigenvalue weighted by atomic mass is 10.0. The average Bonchev–Trinajstić information content (AvgIpc) is 3.35. The fourth-order valence-electron chi connectivity index (χ4n) is 8.33. The minimum Gasteiger partial charge on any atom is -0.462 e. The zero-order valence-corrected chi connectivity index (χ0v) is 45.6. The predicted molar refractivity (Wildman–Crippen MR) is 298 cm³/mol. The Hall–Kier alpha value is -3.15. The summed E-state index contributed by atoms with van der Waals surface area (Å²) in [6, 6.07) is 0. The van der Waals surface area contributed by atoms with E-state index in [1.165, 1.54) is 148 Å². The number of carbonyl (C=O) groups is 3. The van der Waals surface area contributed by atoms with Gasteiger partial charge in [-0.2, -0.15) is 0 Å². The van der Waals surface area contributed by atoms with Gasteiger partial charge in [0.15, 0.2) is 6.10 Å². The summed E-state index contributed by atoms with van der Waals surface area (Å²) in [6.45, 7) is 6.48. The molecule has 398 valence electrons. The van der Waals surface area contributed by atoms with Crippen molar-refractivity contribution < 1.29 is 28.6 Å². The fraction of sp³-hybridized carbons (Fsp3) is 0.762. The van der Waals surface area contributed by atoms with Crippen LogP contribution in [0.15, 0.2) is 72.9 Å². The van der Waals surface area contributed by atoms with Crippen molar-refractivity contribution in [2.75, 3.05) is 13.2 Å². The number of rotatable bonds is 53. The zero-order valence-electron chi connectivity index (χ0n) is 45.6. The number of hydrogen-bond donors (Lipinski definition) is 0. The first-order chi connectivity index (χ1) is 34.0. The third-order valence-corrected chi connectivity index (χ3v) is 12.7. The summed E-state index contributed by atoms with van der Waals surface area (Å²) in [4.78, 5) is 37.9. The Bertz CT molecular complexity index is 1290. The molecule has 1 unspecified atom stereocenters. The van der Waals surface area contributed by atoms with E-state index in [0.29, 0.717) is 19.3 Å². The van der Waals surface area contributed by atoms with Crippen LogP contribution in [-0.4, -0.2) is 37.2 Å². The molecule has 6 heteroatoms. The molecule has 0 aliphatic carbocycles. The fourth-order valence-corrected chi connectivity index (χ4v) is 8.33. The van der Waals surface area contributed by atoms with Crippen LogP contribution < -0.4 is 0 Å². The van der Waals surface area contributed by atoms with Gasteiger partial charge in [-0.3, -0.25) is 14.4 Å². The van der Waals surface area contributed by atoms with Gasteiger partial charge in [-0.25, -0.2) is 0 Å². The number of unbranched alkanes of at least 4 members (excludes halogenated alkanes) is 30. The van der Waals surface area contributed by atoms with Gasteiger partial charge < -0.3 is 14.2 Å². The first-order valence-corrected chi connectivity index (χ1v) is 29.4. The molecule has 0 fully saturated rings. The predicted octanol–water partition coefficient (Wildman–Crippen LogP) is 19.8. The summed E-state index contributed by atoms with van der Waals surface area (Å²) >= 11 is 0. The van der Waals surface area contributed by atoms with E-state index < -0.39 is 6.10 Å². The Morgan fingerprint density at radius 2 is 0.565 bits per heavy atom. The maximum atomic E-state index is 12.8. The summed E-state index contributed by atoms with van der Waals surface area (Å²) in [5.41, 5.74) is 0. The van der Waals surface area contributed by atoms with Crippen molar-refractivity contribution in [2.45, 2.75) is 297 Å². The van der Waals surface area contributed by atoms with Gasteiger partial charge in [-0.05, 0) is 70.6 Å². The lowest BCUT2D eigenvalue weighted by Gasteiger charge is -2.18. The number of esters is 3. The van der Waals surface area contributed by atoms with Crippen molar-refractivity contribution in [3.05, 3.63) is 72.9 Å². The SMILES string of the molecule is CC/C=C\C/C=C\C/C=C\C/C=C\C/C=C\C/C=C\CCCCCCCCC(=O)OCC(COC(=O)CCCCCCCC)OC(=O)CCCCCCCCCCCCCCCCCCCCCC. The molecule has 0 saturated carbocycles. The summed E-state index contributed by atoms with van der Waals surface area (Å²) < 4.78 is 16.8. The molecule has 0 N–H and O–H groups in total. The Morgan fingerprint density at radius 1 is 0.304 bits per heavy atom. The molecular formula is C63H110O6. The lowest BCUT2D eigenvalue weighted by Crippen LogP contribution is -2.30. The quantitative estimate of drug-likeness (QED) is 0.0262. The van der Waals surface area contributed by atoms with E-state index in [-0.39, 0.29) is 31.1 Å². The molecule has 0 aromatic rings. The largest absolute Gasteiger partial charge is 0.462 e. The number of hydrogen-bond acceptors (Lipinski definition) is 6. The molecule has 1 atom stereocenters. The molecule has 0 rings (SSSR count). The second kappa shape index (κ2) is 57.4. The maximum absolute atomic E-state index is 12.8. The van der Waals surface area contributed by atoms with Gasteiger partial charge in [-0.1, -0.05) is 273 Å². The molecule has 69 heavy (non-hydrogen) atoms. The van der Waals surface area contributed by atoms with Gasteiger partial charge in [-0.15, -0.1) is 0 Å². The van der Waals surface area contributed by atoms with E-state index in [2.05, 4.69) is 93.7 Å². The summed E-state index contributed by atoms with van der Waals surface area (Å²) in [7, 11) is 0. The molecule has 6 nitrogen and oxygen atoms in total. The van der Waals surface area contributed by atoms with Crippen LogP contribution in [0.4, 0.5) is 0 Å². The lowest BCUT2D eigenvalue weighted by molar-refractivity contribution is -0.167. The highest BCUT2D eigenvalue weighted by Gasteiger charge is 2.19. The maximum Gasteiger partial charge on any atom is 0.306 e. The number of ether oxygens (including phenoxy) is 3. The molecule has 0 aliphatic rings. The van der Waals surface area contributed by atoms with Crippen molar-refractivity contribution in [3.8, 4) is 0 Å². The van der Waals surface area contributed by atoms with E-state index in [0.717, 1.165) is 103 Å². The zero-order chi connectivity index (χ0) is 50.0. The third kappa shape index (κ3) is 55.6. The smallest absolute Gasteiger partial charge is 0.306 e. The molecule has 0 bridgehead atoms. The monoisotopic (exact) mass is 963 g/mol. The highest BCUT2D eigenvalue weighted by Crippen LogP contribution is 2.16. The van der Waals surface area contributed by atoms with Crippen molar-refractivity contribution in [1.29, 1.82) is 0 Å². The Balaban J connectivity index is 4.16. The first-order valence-electron chi connectivity index (χ1n) is 29.4. The Labute approximate surface area is 427 Å². The standard InChI is InChI=1S/C63H110O6/c1-4-7-10-13-16-18-20-22-24-26-28-30-31-32-33-34-36-37-39-41-43-45-47-50-53-56-62(65)68-59-60(58-67-61(64)55-52-49-15-12-9-6-3)69-63(66)57-54-51-48-46-44-42-40-38-35-29-27-25-23-21-19-17-14-11-8-5-2/h7,10,16,18,22,24,28,30,32-33,36-37,60H,4-6,8-9,11-15,17,19-21,23,25-27,29,31,34-35,38-59H2,1-3H3/b10-7-,18-16-,24-22-,30-28-,33-32-,37-36-. The van der Waals surface area contributed by atoms with E-state index in [9.17, 15) is 14.4 Å². The van der Waals surface area contributed by atoms with Crippen LogP contribution >= 0.6 is 0 Å². The summed E-state index contributed by atoms with van der Waals surface area (Å²) in [6.07, 6.45) is 73.6. The minimum atomic E-state index is -0.777. The van der Waals surface area contributed by atoms with E-state index in [4.69, 9.17) is 14.2 Å². The van der Waals surface area contributed by atoms with Crippen LogP contribution in [0, 0.1) is 0 Å². The van der Waals surface area contributed by atoms with Crippen LogP contribution in [0.2, 0.25) is 0 Å². The summed E-state index contributed by atoms with van der Waals surface area (Å²) in [5.74, 6) is -0.892. The Morgan fingerprint density at radius 3 is 0.884 bits per heavy atom. The number of carbonyl (C=O) groups excluding carboxylic acids is 3. The molecule has 0 aliphatic heterocycles. The number of allylic oxidation sites excluding steroid dienone is 12. The van der Waals surface area contributed by atoms with Gasteiger partial charge in [0.1, 0.15) is 13.2 Å². The van der Waals surface area contributed by atoms with Crippen molar-refractivity contribution in [1.82, 2.24) is 0 Å². The van der Waals surface area contributed by atoms with E-state index in [1.807, 2.05) is 0 Å². The second-order valence-corrected chi connectivity index (χ2v) is 19.5. The highest BCUT2D eigenvalue weighted by molar-refractivity contribution is 5.71. The van der Waals surface area contributed by atoms with E-state index >= 15 is 0 Å². The Kier molecular flexibility index (Phi) is 54.8. The van der Waals surface area contributed by atoms with Crippen molar-refractivity contribution in [2.24, 2.45) is 0 Å². The highest BCUT2D eigenvalue weighted by atomic mass is 16.6. The molecule has 0 aromatic heterocycles. The normalized spacial score (nSPS) is 12.6. The minimum absolute atomic E-state index is 0.0779. The first kappa shape index (κ1) is 65.8. The third-order valence-electron chi connectivity index (χ3n) is 12.7. The molecular weight excluding hydrogens is 853 g/mol. The molecule has 0 radical (unpaired) electrons. The van der Waals surface area contributed by atoms with Crippen LogP contribution in [0.3, 0.4) is 0 Å². The van der Waals surface area contributed by atoms with Gasteiger partial charge in [0.05, 0.1) is 0 Å². The van der Waals surface area contributed by atoms with Crippen LogP contribution in [0.25, 0.3) is 0 Å². The van der Waals surface area contributed by atoms with Crippen LogP contribution in [0.1, 0.15) is 290 Å². The van der Waals surface area contributed by atoms with Gasteiger partial charge in [0, 0.05) is 19.3 Å².